The van der Waals surface area contributed by atoms with Gasteiger partial charge in [0.2, 0.25) is 0 Å². The number of pyridine rings is 1. The second-order valence-electron chi connectivity index (χ2n) is 11.0. The van der Waals surface area contributed by atoms with Gasteiger partial charge in [-0.1, -0.05) is 13.8 Å². The van der Waals surface area contributed by atoms with Gasteiger partial charge >= 0.3 is 15.2 Å². The van der Waals surface area contributed by atoms with Gasteiger partial charge in [-0.15, -0.1) is 3.97 Å². The summed E-state index contributed by atoms with van der Waals surface area (Å²) in [6, 6.07) is 5.02. The molecule has 1 aromatic carbocycles. The first-order chi connectivity index (χ1) is 17.9. The highest BCUT2D eigenvalue weighted by Gasteiger charge is 2.66. The summed E-state index contributed by atoms with van der Waals surface area (Å²) in [5, 5.41) is 0.0307. The number of nitrogens with one attached hydrogen (secondary N) is 1. The molecule has 11 heteroatoms. The first-order valence-electron chi connectivity index (χ1n) is 12.6. The molecule has 0 amide bonds. The van der Waals surface area contributed by atoms with Gasteiger partial charge in [0, 0.05) is 29.8 Å². The lowest BCUT2D eigenvalue weighted by Crippen LogP contribution is -2.53. The van der Waals surface area contributed by atoms with Crippen LogP contribution in [0.4, 0.5) is 0 Å². The highest BCUT2D eigenvalue weighted by molar-refractivity contribution is 7.86. The van der Waals surface area contributed by atoms with Gasteiger partial charge in [0.1, 0.15) is 33.8 Å². The molecule has 2 saturated carbocycles. The van der Waals surface area contributed by atoms with Crippen molar-refractivity contribution in [2.45, 2.75) is 57.9 Å². The van der Waals surface area contributed by atoms with E-state index < -0.39 is 31.7 Å². The minimum atomic E-state index is -4.13. The fourth-order valence-electron chi connectivity index (χ4n) is 6.51. The molecule has 0 saturated heterocycles. The van der Waals surface area contributed by atoms with E-state index in [1.807, 2.05) is 27.7 Å². The van der Waals surface area contributed by atoms with Crippen LogP contribution in [0.1, 0.15) is 49.9 Å². The Bertz CT molecular complexity index is 1590. The van der Waals surface area contributed by atoms with Gasteiger partial charge < -0.3 is 9.47 Å². The van der Waals surface area contributed by atoms with Crippen molar-refractivity contribution in [2.24, 2.45) is 16.7 Å². The average molecular weight is 561 g/mol. The molecule has 2 aliphatic carbocycles. The largest absolute Gasteiger partial charge is 0.497 e. The third-order valence-corrected chi connectivity index (χ3v) is 12.1. The number of carbonyl (C=O) groups excluding carboxylic acids is 1. The van der Waals surface area contributed by atoms with E-state index in [2.05, 4.69) is 9.97 Å². The molecule has 9 nitrogen and oxygen atoms in total. The molecular formula is C27H34N3O6S2+. The lowest BCUT2D eigenvalue weighted by molar-refractivity contribution is -0.527. The Balaban J connectivity index is 1.63. The number of aromatic nitrogens is 3. The van der Waals surface area contributed by atoms with Gasteiger partial charge in [0.15, 0.2) is 11.0 Å². The van der Waals surface area contributed by atoms with Crippen molar-refractivity contribution in [1.29, 1.82) is 0 Å². The first-order valence-corrected chi connectivity index (χ1v) is 15.5. The molecule has 2 unspecified atom stereocenters. The van der Waals surface area contributed by atoms with Crippen LogP contribution in [0.25, 0.3) is 11.0 Å². The van der Waals surface area contributed by atoms with Crippen LogP contribution in [-0.2, 0) is 31.4 Å². The topological polar surface area (TPSA) is 119 Å². The van der Waals surface area contributed by atoms with E-state index in [0.717, 1.165) is 21.5 Å². The number of methoxy groups -OCH3 is 2. The zero-order chi connectivity index (χ0) is 27.6. The average Bonchev–Trinajstić information content (AvgIpc) is 3.42. The van der Waals surface area contributed by atoms with Crippen molar-refractivity contribution in [3.8, 4) is 11.5 Å². The fraction of sp³-hybridized carbons (Fsp3) is 0.519. The summed E-state index contributed by atoms with van der Waals surface area (Å²) < 4.78 is 54.3. The van der Waals surface area contributed by atoms with Crippen molar-refractivity contribution in [3.63, 3.8) is 0 Å². The number of carbonyl (C=O) groups is 1. The summed E-state index contributed by atoms with van der Waals surface area (Å²) >= 11 is 0. The van der Waals surface area contributed by atoms with E-state index in [9.17, 15) is 17.4 Å². The maximum atomic E-state index is 14.2. The van der Waals surface area contributed by atoms with Crippen LogP contribution >= 0.6 is 0 Å². The van der Waals surface area contributed by atoms with E-state index in [1.165, 1.54) is 7.11 Å². The van der Waals surface area contributed by atoms with Crippen LogP contribution < -0.4 is 13.4 Å². The predicted molar refractivity (Wildman–Crippen MR) is 143 cm³/mol. The minimum absolute atomic E-state index is 0.00888. The van der Waals surface area contributed by atoms with Gasteiger partial charge in [-0.05, 0) is 50.2 Å². The highest BCUT2D eigenvalue weighted by Crippen LogP contribution is 2.64. The standard InChI is InChI=1S/C27H33N3O6S2/c1-16-13-28-21(17(2)24(16)36-6)14-37(32)25-29-20-8-7-19(35-5)12-22(20)30(25)38(33,34)15-27-10-9-18(11-23(27)31)26(27,3)4/h7-8,12-13,18H,9-11,14-15H2,1-6H3/p+1/t18?,27?,37-/m1/s1. The van der Waals surface area contributed by atoms with Crippen LogP contribution in [0.2, 0.25) is 0 Å². The fourth-order valence-corrected chi connectivity index (χ4v) is 10.5. The summed E-state index contributed by atoms with van der Waals surface area (Å²) in [6.07, 6.45) is 3.44. The van der Waals surface area contributed by atoms with Crippen molar-refractivity contribution in [2.75, 3.05) is 20.0 Å². The zero-order valence-corrected chi connectivity index (χ0v) is 24.2. The molecule has 0 radical (unpaired) electrons. The summed E-state index contributed by atoms with van der Waals surface area (Å²) in [4.78, 5) is 20.7. The molecule has 1 N–H and O–H groups in total. The van der Waals surface area contributed by atoms with Crippen LogP contribution in [0.15, 0.2) is 29.6 Å². The molecule has 2 fully saturated rings. The number of fused-ring (bicyclic) bond motifs is 3. The van der Waals surface area contributed by atoms with E-state index in [1.54, 1.807) is 31.5 Å². The highest BCUT2D eigenvalue weighted by atomic mass is 32.2. The third-order valence-electron chi connectivity index (χ3n) is 8.93. The lowest BCUT2D eigenvalue weighted by Gasteiger charge is -2.35. The molecule has 3 atom stereocenters. The van der Waals surface area contributed by atoms with Crippen LogP contribution in [0.3, 0.4) is 0 Å². The number of ether oxygens (including phenoxy) is 2. The van der Waals surface area contributed by atoms with Crippen molar-refractivity contribution >= 4 is 37.6 Å². The Kier molecular flexibility index (Phi) is 6.45. The SMILES string of the molecule is COc1ccc2[nH]c([S@](=O)Cc3ncc(C)c(OC)c3C)[n+](S(=O)(=O)CC34CCC(CC3=O)C4(C)C)c2c1. The molecule has 2 heterocycles. The molecule has 2 bridgehead atoms. The van der Waals surface area contributed by atoms with Crippen molar-refractivity contribution < 1.29 is 30.9 Å². The Morgan fingerprint density at radius 3 is 2.55 bits per heavy atom. The Morgan fingerprint density at radius 2 is 1.95 bits per heavy atom. The van der Waals surface area contributed by atoms with Gasteiger partial charge in [0.25, 0.3) is 0 Å². The lowest BCUT2D eigenvalue weighted by atomic mass is 9.70. The van der Waals surface area contributed by atoms with Crippen LogP contribution in [-0.4, -0.2) is 48.4 Å². The Morgan fingerprint density at radius 1 is 1.21 bits per heavy atom. The number of aromatic amines is 1. The third kappa shape index (κ3) is 3.88. The first kappa shape index (κ1) is 26.8. The number of benzene rings is 1. The van der Waals surface area contributed by atoms with Crippen molar-refractivity contribution in [1.82, 2.24) is 9.97 Å². The second-order valence-corrected chi connectivity index (χ2v) is 14.2. The number of aryl methyl sites for hydroxylation is 1. The van der Waals surface area contributed by atoms with E-state index >= 15 is 0 Å². The van der Waals surface area contributed by atoms with Crippen LogP contribution in [0, 0.1) is 30.6 Å². The molecule has 204 valence electrons. The maximum Gasteiger partial charge on any atom is 0.363 e. The van der Waals surface area contributed by atoms with Gasteiger partial charge in [-0.3, -0.25) is 9.78 Å². The summed E-state index contributed by atoms with van der Waals surface area (Å²) in [6.45, 7) is 7.73. The van der Waals surface area contributed by atoms with Crippen LogP contribution in [0.5, 0.6) is 11.5 Å². The number of Topliss-reactive ketones (excluding diaryl/α,β-unsaturated/α-hetero) is 1. The smallest absolute Gasteiger partial charge is 0.363 e. The molecular weight excluding hydrogens is 526 g/mol. The number of hydrogen-bond donors (Lipinski definition) is 1. The predicted octanol–water partition coefficient (Wildman–Crippen LogP) is 3.37. The molecule has 0 aliphatic heterocycles. The normalized spacial score (nSPS) is 23.2. The van der Waals surface area contributed by atoms with Crippen molar-refractivity contribution in [3.05, 3.63) is 41.2 Å². The molecule has 5 rings (SSSR count). The van der Waals surface area contributed by atoms with E-state index in [0.29, 0.717) is 41.1 Å². The number of hydrogen-bond acceptors (Lipinski definition) is 7. The second kappa shape index (κ2) is 9.15. The van der Waals surface area contributed by atoms with Gasteiger partial charge in [-0.25, -0.2) is 9.19 Å². The number of nitrogens with zero attached hydrogens (tertiary/aromatic N) is 2. The summed E-state index contributed by atoms with van der Waals surface area (Å²) in [5.74, 6) is 0.962. The molecule has 0 spiro atoms. The Hall–Kier alpha value is -2.79. The molecule has 38 heavy (non-hydrogen) atoms. The minimum Gasteiger partial charge on any atom is -0.497 e. The number of H-pyrrole nitrogens is 1. The summed E-state index contributed by atoms with van der Waals surface area (Å²) in [7, 11) is -2.87. The Labute approximate surface area is 225 Å². The quantitative estimate of drug-likeness (QED) is 0.420. The monoisotopic (exact) mass is 560 g/mol. The van der Waals surface area contributed by atoms with E-state index in [-0.39, 0.29) is 28.4 Å². The van der Waals surface area contributed by atoms with Gasteiger partial charge in [-0.2, -0.15) is 8.42 Å². The van der Waals surface area contributed by atoms with E-state index in [4.69, 9.17) is 9.47 Å². The van der Waals surface area contributed by atoms with Gasteiger partial charge in [0.05, 0.1) is 31.1 Å². The maximum absolute atomic E-state index is 14.2. The zero-order valence-electron chi connectivity index (χ0n) is 22.6. The number of ketones is 1. The molecule has 3 aromatic rings. The molecule has 2 aromatic heterocycles. The number of rotatable bonds is 8. The summed E-state index contributed by atoms with van der Waals surface area (Å²) in [5.41, 5.74) is 1.59. The number of imidazole rings is 1. The molecule has 2 aliphatic rings.